The van der Waals surface area contributed by atoms with Crippen LogP contribution in [0.4, 0.5) is 11.8 Å². The van der Waals surface area contributed by atoms with Gasteiger partial charge < -0.3 is 15.0 Å². The van der Waals surface area contributed by atoms with Gasteiger partial charge in [-0.2, -0.15) is 0 Å². The number of ether oxygens (including phenoxy) is 1. The molecular weight excluding hydrogens is 380 g/mol. The second-order valence-electron chi connectivity index (χ2n) is 7.25. The fraction of sp³-hybridized carbons (Fsp3) is 0.318. The van der Waals surface area contributed by atoms with Crippen molar-refractivity contribution in [2.24, 2.45) is 0 Å². The van der Waals surface area contributed by atoms with Crippen molar-refractivity contribution in [3.63, 3.8) is 0 Å². The lowest BCUT2D eigenvalue weighted by molar-refractivity contribution is 0.0708. The molecule has 30 heavy (non-hydrogen) atoms. The Labute approximate surface area is 175 Å². The van der Waals surface area contributed by atoms with E-state index in [0.717, 1.165) is 24.1 Å². The molecule has 0 bridgehead atoms. The summed E-state index contributed by atoms with van der Waals surface area (Å²) in [4.78, 5) is 32.2. The van der Waals surface area contributed by atoms with E-state index in [1.54, 1.807) is 38.0 Å². The van der Waals surface area contributed by atoms with Gasteiger partial charge in [-0.3, -0.25) is 9.78 Å². The van der Waals surface area contributed by atoms with E-state index in [2.05, 4.69) is 25.3 Å². The van der Waals surface area contributed by atoms with Crippen molar-refractivity contribution in [2.75, 3.05) is 25.5 Å². The molecule has 0 radical (unpaired) electrons. The van der Waals surface area contributed by atoms with Gasteiger partial charge in [0.2, 0.25) is 5.95 Å². The van der Waals surface area contributed by atoms with E-state index in [1.165, 1.54) is 0 Å². The van der Waals surface area contributed by atoms with Gasteiger partial charge in [0.1, 0.15) is 5.75 Å². The minimum absolute atomic E-state index is 0.0109. The van der Waals surface area contributed by atoms with Crippen LogP contribution in [0.25, 0.3) is 0 Å². The summed E-state index contributed by atoms with van der Waals surface area (Å²) in [7, 11) is 1.60. The predicted molar refractivity (Wildman–Crippen MR) is 113 cm³/mol. The molecule has 1 aromatic carbocycles. The Morgan fingerprint density at radius 1 is 1.13 bits per heavy atom. The zero-order valence-corrected chi connectivity index (χ0v) is 17.1. The molecule has 0 saturated carbocycles. The van der Waals surface area contributed by atoms with E-state index < -0.39 is 0 Å². The molecule has 8 heteroatoms. The van der Waals surface area contributed by atoms with Crippen molar-refractivity contribution in [1.82, 2.24) is 24.8 Å². The van der Waals surface area contributed by atoms with Crippen LogP contribution in [0, 0.1) is 6.92 Å². The van der Waals surface area contributed by atoms with E-state index in [1.807, 2.05) is 30.0 Å². The molecule has 1 fully saturated rings. The third-order valence-corrected chi connectivity index (χ3v) is 5.31. The highest BCUT2D eigenvalue weighted by molar-refractivity contribution is 5.97. The highest BCUT2D eigenvalue weighted by Crippen LogP contribution is 2.30. The molecule has 0 aliphatic carbocycles. The molecule has 0 spiro atoms. The van der Waals surface area contributed by atoms with Crippen molar-refractivity contribution in [3.05, 3.63) is 65.9 Å². The molecule has 3 heterocycles. The van der Waals surface area contributed by atoms with Gasteiger partial charge in [0.05, 0.1) is 24.6 Å². The van der Waals surface area contributed by atoms with E-state index in [9.17, 15) is 4.79 Å². The molecule has 1 saturated heterocycles. The normalized spacial score (nSPS) is 14.4. The second-order valence-corrected chi connectivity index (χ2v) is 7.25. The lowest BCUT2D eigenvalue weighted by Gasteiger charge is -2.32. The largest absolute Gasteiger partial charge is 0.496 e. The first-order chi connectivity index (χ1) is 14.7. The molecular formula is C22H24N6O2. The number of hydrogen-bond donors (Lipinski definition) is 1. The van der Waals surface area contributed by atoms with Crippen LogP contribution >= 0.6 is 0 Å². The van der Waals surface area contributed by atoms with E-state index >= 15 is 0 Å². The number of piperidine rings is 1. The summed E-state index contributed by atoms with van der Waals surface area (Å²) >= 11 is 0. The number of hydrogen-bond acceptors (Lipinski definition) is 7. The van der Waals surface area contributed by atoms with Gasteiger partial charge in [-0.15, -0.1) is 0 Å². The standard InChI is InChI=1S/C22H24N6O2/c1-15-5-3-6-17(20(15)30-2)21(29)28-11-7-16(8-12-28)18-13-23-14-19(26-18)27-22-24-9-4-10-25-22/h3-6,9-10,13-14,16H,7-8,11-12H2,1-2H3,(H,24,25,26,27). The Balaban J connectivity index is 1.42. The maximum absolute atomic E-state index is 13.0. The summed E-state index contributed by atoms with van der Waals surface area (Å²) in [5.74, 6) is 2.01. The van der Waals surface area contributed by atoms with Gasteiger partial charge in [0, 0.05) is 37.6 Å². The average Bonchev–Trinajstić information content (AvgIpc) is 2.79. The smallest absolute Gasteiger partial charge is 0.257 e. The number of likely N-dealkylation sites (tertiary alicyclic amines) is 1. The molecule has 2 aromatic heterocycles. The second kappa shape index (κ2) is 8.86. The van der Waals surface area contributed by atoms with Crippen LogP contribution < -0.4 is 10.1 Å². The van der Waals surface area contributed by atoms with Crippen LogP contribution in [0.3, 0.4) is 0 Å². The number of aryl methyl sites for hydroxylation is 1. The summed E-state index contributed by atoms with van der Waals surface area (Å²) in [6.07, 6.45) is 8.45. The highest BCUT2D eigenvalue weighted by atomic mass is 16.5. The maximum atomic E-state index is 13.0. The first-order valence-corrected chi connectivity index (χ1v) is 9.94. The van der Waals surface area contributed by atoms with Crippen LogP contribution in [0.15, 0.2) is 49.1 Å². The number of nitrogens with zero attached hydrogens (tertiary/aromatic N) is 5. The third-order valence-electron chi connectivity index (χ3n) is 5.31. The van der Waals surface area contributed by atoms with Gasteiger partial charge in [0.15, 0.2) is 5.82 Å². The summed E-state index contributed by atoms with van der Waals surface area (Å²) in [5, 5.41) is 3.08. The number of carbonyl (C=O) groups excluding carboxylic acids is 1. The summed E-state index contributed by atoms with van der Waals surface area (Å²) in [6, 6.07) is 7.42. The van der Waals surface area contributed by atoms with Crippen molar-refractivity contribution >= 4 is 17.7 Å². The van der Waals surface area contributed by atoms with Gasteiger partial charge in [-0.05, 0) is 37.5 Å². The van der Waals surface area contributed by atoms with Crippen LogP contribution in [0.5, 0.6) is 5.75 Å². The van der Waals surface area contributed by atoms with Crippen LogP contribution in [0.2, 0.25) is 0 Å². The van der Waals surface area contributed by atoms with Gasteiger partial charge in [0.25, 0.3) is 5.91 Å². The quantitative estimate of drug-likeness (QED) is 0.697. The molecule has 0 unspecified atom stereocenters. The predicted octanol–water partition coefficient (Wildman–Crippen LogP) is 3.35. The van der Waals surface area contributed by atoms with Crippen LogP contribution in [0.1, 0.15) is 40.4 Å². The van der Waals surface area contributed by atoms with Crippen LogP contribution in [-0.2, 0) is 0 Å². The van der Waals surface area contributed by atoms with E-state index in [4.69, 9.17) is 4.74 Å². The summed E-state index contributed by atoms with van der Waals surface area (Å²) in [6.45, 7) is 3.28. The van der Waals surface area contributed by atoms with E-state index in [0.29, 0.717) is 36.2 Å². The van der Waals surface area contributed by atoms with Crippen molar-refractivity contribution in [3.8, 4) is 5.75 Å². The monoisotopic (exact) mass is 404 g/mol. The van der Waals surface area contributed by atoms with E-state index in [-0.39, 0.29) is 11.8 Å². The number of methoxy groups -OCH3 is 1. The number of para-hydroxylation sites is 1. The van der Waals surface area contributed by atoms with Gasteiger partial charge >= 0.3 is 0 Å². The third kappa shape index (κ3) is 4.22. The Morgan fingerprint density at radius 2 is 1.90 bits per heavy atom. The number of anilines is 2. The molecule has 1 aliphatic heterocycles. The minimum atomic E-state index is 0.0109. The molecule has 8 nitrogen and oxygen atoms in total. The highest BCUT2D eigenvalue weighted by Gasteiger charge is 2.27. The molecule has 3 aromatic rings. The average molecular weight is 404 g/mol. The van der Waals surface area contributed by atoms with Crippen molar-refractivity contribution in [1.29, 1.82) is 0 Å². The fourth-order valence-electron chi connectivity index (χ4n) is 3.76. The fourth-order valence-corrected chi connectivity index (χ4v) is 3.76. The van der Waals surface area contributed by atoms with Gasteiger partial charge in [-0.1, -0.05) is 12.1 Å². The number of amides is 1. The van der Waals surface area contributed by atoms with Gasteiger partial charge in [-0.25, -0.2) is 15.0 Å². The van der Waals surface area contributed by atoms with Crippen LogP contribution in [-0.4, -0.2) is 50.9 Å². The maximum Gasteiger partial charge on any atom is 0.257 e. The number of aromatic nitrogens is 4. The lowest BCUT2D eigenvalue weighted by atomic mass is 9.93. The molecule has 4 rings (SSSR count). The van der Waals surface area contributed by atoms with Crippen molar-refractivity contribution in [2.45, 2.75) is 25.7 Å². The first kappa shape index (κ1) is 19.8. The number of nitrogens with one attached hydrogen (secondary N) is 1. The number of rotatable bonds is 5. The Kier molecular flexibility index (Phi) is 5.83. The number of carbonyl (C=O) groups is 1. The molecule has 0 atom stereocenters. The molecule has 1 amide bonds. The summed E-state index contributed by atoms with van der Waals surface area (Å²) in [5.41, 5.74) is 2.49. The number of benzene rings is 1. The zero-order valence-electron chi connectivity index (χ0n) is 17.1. The Bertz CT molecular complexity index is 1020. The SMILES string of the molecule is COc1c(C)cccc1C(=O)N1CCC(c2cncc(Nc3ncccn3)n2)CC1. The zero-order chi connectivity index (χ0) is 20.9. The lowest BCUT2D eigenvalue weighted by Crippen LogP contribution is -2.38. The molecule has 1 aliphatic rings. The summed E-state index contributed by atoms with van der Waals surface area (Å²) < 4.78 is 5.46. The Hall–Kier alpha value is -3.55. The topological polar surface area (TPSA) is 93.1 Å². The van der Waals surface area contributed by atoms with Crippen molar-refractivity contribution < 1.29 is 9.53 Å². The molecule has 154 valence electrons. The Morgan fingerprint density at radius 3 is 2.63 bits per heavy atom. The molecule has 1 N–H and O–H groups in total. The minimum Gasteiger partial charge on any atom is -0.496 e. The first-order valence-electron chi connectivity index (χ1n) is 9.94.